The van der Waals surface area contributed by atoms with E-state index in [1.165, 1.54) is 0 Å². The summed E-state index contributed by atoms with van der Waals surface area (Å²) >= 11 is 0. The highest BCUT2D eigenvalue weighted by molar-refractivity contribution is 8.12. The van der Waals surface area contributed by atoms with Gasteiger partial charge >= 0.3 is 0 Å². The lowest BCUT2D eigenvalue weighted by molar-refractivity contribution is 0.545. The van der Waals surface area contributed by atoms with Crippen LogP contribution in [0.4, 0.5) is 4.39 Å². The zero-order valence-corrected chi connectivity index (χ0v) is 6.13. The maximum Gasteiger partial charge on any atom is 0.183 e. The van der Waals surface area contributed by atoms with Crippen LogP contribution in [0.25, 0.3) is 0 Å². The summed E-state index contributed by atoms with van der Waals surface area (Å²) in [5, 5.41) is 0. The Labute approximate surface area is 38.3 Å². The SMILES string of the molecule is O=S(=O)([SiH3])CF. The van der Waals surface area contributed by atoms with E-state index in [-0.39, 0.29) is 9.39 Å². The van der Waals surface area contributed by atoms with Crippen LogP contribution in [0.3, 0.4) is 0 Å². The molecule has 0 atom stereocenters. The molecule has 0 heterocycles. The summed E-state index contributed by atoms with van der Waals surface area (Å²) in [6, 6.07) is -1.20. The van der Waals surface area contributed by atoms with Gasteiger partial charge in [-0.05, 0) is 0 Å². The Hall–Kier alpha value is 0.0969. The van der Waals surface area contributed by atoms with Gasteiger partial charge in [-0.1, -0.05) is 0 Å². The highest BCUT2D eigenvalue weighted by Crippen LogP contribution is 1.76. The van der Waals surface area contributed by atoms with E-state index < -0.39 is 15.3 Å². The molecule has 0 aromatic carbocycles. The second-order valence-corrected chi connectivity index (χ2v) is 6.84. The normalized spacial score (nSPS) is 12.2. The van der Waals surface area contributed by atoms with Gasteiger partial charge < -0.3 is 0 Å². The predicted octanol–water partition coefficient (Wildman–Crippen LogP) is -1.39. The predicted molar refractivity (Wildman–Crippen MR) is 24.8 cm³/mol. The highest BCUT2D eigenvalue weighted by Gasteiger charge is 1.94. The van der Waals surface area contributed by atoms with E-state index in [2.05, 4.69) is 0 Å². The maximum absolute atomic E-state index is 10.9. The average molecular weight is 128 g/mol. The first-order chi connectivity index (χ1) is 2.56. The van der Waals surface area contributed by atoms with E-state index in [1.54, 1.807) is 0 Å². The summed E-state index contributed by atoms with van der Waals surface area (Å²) in [4.78, 5) is 0. The lowest BCUT2D eigenvalue weighted by Gasteiger charge is -1.78. The largest absolute Gasteiger partial charge is 0.235 e. The van der Waals surface area contributed by atoms with Gasteiger partial charge in [-0.15, -0.1) is 0 Å². The van der Waals surface area contributed by atoms with Crippen molar-refractivity contribution < 1.29 is 12.8 Å². The van der Waals surface area contributed by atoms with Gasteiger partial charge in [-0.2, -0.15) is 0 Å². The van der Waals surface area contributed by atoms with Crippen LogP contribution in [-0.2, 0) is 9.29 Å². The van der Waals surface area contributed by atoms with Gasteiger partial charge in [0.15, 0.2) is 15.4 Å². The molecule has 5 heteroatoms. The van der Waals surface area contributed by atoms with E-state index in [1.807, 2.05) is 0 Å². The fraction of sp³-hybridized carbons (Fsp3) is 1.00. The number of alkyl halides is 1. The molecule has 0 saturated heterocycles. The monoisotopic (exact) mass is 128 g/mol. The minimum absolute atomic E-state index is 0.0741. The number of hydrogen-bond acceptors (Lipinski definition) is 2. The second kappa shape index (κ2) is 1.70. The van der Waals surface area contributed by atoms with E-state index in [9.17, 15) is 12.8 Å². The van der Waals surface area contributed by atoms with Crippen LogP contribution in [-0.4, -0.2) is 23.8 Å². The van der Waals surface area contributed by atoms with E-state index in [0.717, 1.165) is 0 Å². The van der Waals surface area contributed by atoms with E-state index >= 15 is 0 Å². The molecule has 0 aliphatic heterocycles. The summed E-state index contributed by atoms with van der Waals surface area (Å²) in [5.41, 5.74) is 0. The first-order valence-electron chi connectivity index (χ1n) is 1.30. The fourth-order valence-electron chi connectivity index (χ4n) is 0. The molecule has 0 saturated carbocycles. The van der Waals surface area contributed by atoms with Gasteiger partial charge in [0.05, 0.1) is 0 Å². The Morgan fingerprint density at radius 3 is 1.83 bits per heavy atom. The van der Waals surface area contributed by atoms with Gasteiger partial charge in [0.1, 0.15) is 9.29 Å². The molecule has 38 valence electrons. The van der Waals surface area contributed by atoms with Crippen LogP contribution in [0.2, 0.25) is 0 Å². The van der Waals surface area contributed by atoms with Crippen molar-refractivity contribution >= 4 is 18.7 Å². The van der Waals surface area contributed by atoms with Crippen molar-refractivity contribution in [1.29, 1.82) is 0 Å². The van der Waals surface area contributed by atoms with Crippen LogP contribution in [0.5, 0.6) is 0 Å². The first-order valence-corrected chi connectivity index (χ1v) is 5.81. The topological polar surface area (TPSA) is 34.1 Å². The Morgan fingerprint density at radius 2 is 1.83 bits per heavy atom. The summed E-state index contributed by atoms with van der Waals surface area (Å²) in [5.74, 6) is 0. The maximum atomic E-state index is 10.9. The molecule has 0 aromatic rings. The third-order valence-corrected chi connectivity index (χ3v) is 1.25. The standard InChI is InChI=1S/CH5FO2SSi/c2-1-5(3,4)6/h1H2,6H3. The molecular formula is CH5FO2SSi. The molecule has 0 unspecified atom stereocenters. The van der Waals surface area contributed by atoms with Crippen molar-refractivity contribution in [3.63, 3.8) is 0 Å². The van der Waals surface area contributed by atoms with Crippen molar-refractivity contribution in [2.45, 2.75) is 0 Å². The van der Waals surface area contributed by atoms with Crippen LogP contribution < -0.4 is 0 Å². The molecule has 0 aliphatic rings. The van der Waals surface area contributed by atoms with E-state index in [4.69, 9.17) is 0 Å². The minimum Gasteiger partial charge on any atom is -0.235 e. The summed E-state index contributed by atoms with van der Waals surface area (Å²) in [7, 11) is -3.26. The molecule has 0 amide bonds. The third kappa shape index (κ3) is 4.10. The summed E-state index contributed by atoms with van der Waals surface area (Å²) < 4.78 is 30.3. The van der Waals surface area contributed by atoms with Crippen molar-refractivity contribution in [3.8, 4) is 0 Å². The van der Waals surface area contributed by atoms with Gasteiger partial charge in [0.2, 0.25) is 0 Å². The lowest BCUT2D eigenvalue weighted by atomic mass is 11.8. The summed E-state index contributed by atoms with van der Waals surface area (Å²) in [6.45, 7) is 0. The zero-order valence-electron chi connectivity index (χ0n) is 3.31. The van der Waals surface area contributed by atoms with Crippen LogP contribution in [0.15, 0.2) is 0 Å². The third-order valence-electron chi connectivity index (χ3n) is 0.198. The Morgan fingerprint density at radius 1 is 1.67 bits per heavy atom. The van der Waals surface area contributed by atoms with Crippen LogP contribution in [0.1, 0.15) is 0 Å². The van der Waals surface area contributed by atoms with Gasteiger partial charge in [0, 0.05) is 0 Å². The number of halogens is 1. The molecule has 6 heavy (non-hydrogen) atoms. The smallest absolute Gasteiger partial charge is 0.183 e. The quantitative estimate of drug-likeness (QED) is 0.407. The van der Waals surface area contributed by atoms with Crippen LogP contribution in [0, 0.1) is 0 Å². The average Bonchev–Trinajstić information content (AvgIpc) is 1.35. The molecule has 2 nitrogen and oxygen atoms in total. The second-order valence-electron chi connectivity index (χ2n) is 1.03. The summed E-state index contributed by atoms with van der Waals surface area (Å²) in [6.07, 6.45) is 0. The van der Waals surface area contributed by atoms with Crippen LogP contribution >= 0.6 is 0 Å². The molecule has 0 spiro atoms. The zero-order chi connectivity index (χ0) is 5.21. The van der Waals surface area contributed by atoms with Crippen molar-refractivity contribution in [2.24, 2.45) is 0 Å². The lowest BCUT2D eigenvalue weighted by Crippen LogP contribution is -1.97. The molecule has 0 N–H and O–H groups in total. The first kappa shape index (κ1) is 6.10. The van der Waals surface area contributed by atoms with Gasteiger partial charge in [0.25, 0.3) is 0 Å². The Balaban J connectivity index is 3.85. The Kier molecular flexibility index (Phi) is 1.73. The molecule has 0 fully saturated rings. The molecule has 0 radical (unpaired) electrons. The van der Waals surface area contributed by atoms with Crippen molar-refractivity contribution in [1.82, 2.24) is 0 Å². The van der Waals surface area contributed by atoms with E-state index in [0.29, 0.717) is 0 Å². The van der Waals surface area contributed by atoms with Crippen molar-refractivity contribution in [2.75, 3.05) is 6.01 Å². The molecule has 0 bridgehead atoms. The van der Waals surface area contributed by atoms with Crippen molar-refractivity contribution in [3.05, 3.63) is 0 Å². The molecule has 0 aromatic heterocycles. The Bertz CT molecular complexity index is 116. The van der Waals surface area contributed by atoms with Gasteiger partial charge in [-0.25, -0.2) is 12.8 Å². The van der Waals surface area contributed by atoms with Gasteiger partial charge in [-0.3, -0.25) is 0 Å². The molecule has 0 rings (SSSR count). The molecule has 0 aliphatic carbocycles. The number of hydrogen-bond donors (Lipinski definition) is 0. The highest BCUT2D eigenvalue weighted by atomic mass is 32.4. The fourth-order valence-corrected chi connectivity index (χ4v) is 0. The molecular weight excluding hydrogens is 123 g/mol. The number of rotatable bonds is 1. The minimum atomic E-state index is -3.19.